The van der Waals surface area contributed by atoms with E-state index in [1.54, 1.807) is 6.20 Å². The van der Waals surface area contributed by atoms with E-state index in [9.17, 15) is 0 Å². The van der Waals surface area contributed by atoms with E-state index in [0.29, 0.717) is 0 Å². The summed E-state index contributed by atoms with van der Waals surface area (Å²) in [5.41, 5.74) is 11.0. The normalized spacial score (nSPS) is 19.4. The van der Waals surface area contributed by atoms with Crippen molar-refractivity contribution in [3.8, 4) is 0 Å². The number of rotatable bonds is 6. The second kappa shape index (κ2) is 6.52. The zero-order chi connectivity index (χ0) is 14.6. The second-order valence-electron chi connectivity index (χ2n) is 5.59. The summed E-state index contributed by atoms with van der Waals surface area (Å²) in [6, 6.07) is 1.88. The average molecular weight is 277 g/mol. The molecule has 1 unspecified atom stereocenters. The van der Waals surface area contributed by atoms with Gasteiger partial charge in [0.25, 0.3) is 0 Å². The minimum absolute atomic E-state index is 0.0265. The van der Waals surface area contributed by atoms with Crippen LogP contribution < -0.4 is 17.0 Å². The van der Waals surface area contributed by atoms with Crippen molar-refractivity contribution in [2.45, 2.75) is 51.1 Å². The molecule has 0 saturated heterocycles. The topological polar surface area (TPSA) is 80.2 Å². The fourth-order valence-electron chi connectivity index (χ4n) is 3.82. The number of hydrazine groups is 1. The largest absolute Gasteiger partial charge is 0.398 e. The molecule has 1 atom stereocenters. The highest BCUT2D eigenvalue weighted by Gasteiger charge is 2.45. The predicted octanol–water partition coefficient (Wildman–Crippen LogP) is 1.82. The van der Waals surface area contributed by atoms with E-state index < -0.39 is 0 Å². The van der Waals surface area contributed by atoms with Gasteiger partial charge in [0.05, 0.1) is 6.04 Å². The van der Waals surface area contributed by atoms with Gasteiger partial charge in [-0.3, -0.25) is 21.2 Å². The molecule has 0 spiro atoms. The van der Waals surface area contributed by atoms with Crippen molar-refractivity contribution in [1.29, 1.82) is 0 Å². The van der Waals surface area contributed by atoms with E-state index in [1.165, 1.54) is 12.8 Å². The lowest BCUT2D eigenvalue weighted by molar-refractivity contribution is 0.0627. The van der Waals surface area contributed by atoms with Crippen molar-refractivity contribution >= 4 is 5.69 Å². The fraction of sp³-hybridized carbons (Fsp3) is 0.667. The van der Waals surface area contributed by atoms with Gasteiger partial charge in [-0.1, -0.05) is 26.7 Å². The molecule has 1 heterocycles. The van der Waals surface area contributed by atoms with Gasteiger partial charge in [0.15, 0.2) is 0 Å². The summed E-state index contributed by atoms with van der Waals surface area (Å²) < 4.78 is 0. The Bertz CT molecular complexity index is 424. The van der Waals surface area contributed by atoms with Gasteiger partial charge in [0, 0.05) is 29.2 Å². The van der Waals surface area contributed by atoms with Gasteiger partial charge in [0.1, 0.15) is 0 Å². The van der Waals surface area contributed by atoms with Crippen LogP contribution in [0.3, 0.4) is 0 Å². The number of hydrogen-bond donors (Lipinski definition) is 3. The maximum Gasteiger partial charge on any atom is 0.0679 e. The van der Waals surface area contributed by atoms with Crippen LogP contribution in [0, 0.1) is 0 Å². The molecule has 5 heteroatoms. The molecular weight excluding hydrogens is 250 g/mol. The summed E-state index contributed by atoms with van der Waals surface area (Å²) in [5.74, 6) is 5.93. The van der Waals surface area contributed by atoms with Crippen molar-refractivity contribution < 1.29 is 0 Å². The highest BCUT2D eigenvalue weighted by Crippen LogP contribution is 2.45. The molecule has 1 aliphatic rings. The average Bonchev–Trinajstić information content (AvgIpc) is 2.93. The van der Waals surface area contributed by atoms with Gasteiger partial charge < -0.3 is 5.73 Å². The Morgan fingerprint density at radius 1 is 1.35 bits per heavy atom. The number of anilines is 1. The standard InChI is InChI=1S/C15H27N5/c1-3-20(4-2)15(8-5-6-9-15)14(19-17)12-11-18-10-7-13(12)16/h7,10-11,14,19H,3-6,8-9,17H2,1-2H3,(H2,16,18). The maximum absolute atomic E-state index is 6.15. The SMILES string of the molecule is CCN(CC)C1(C(NN)c2cnccc2N)CCCC1. The molecule has 1 saturated carbocycles. The van der Waals surface area contributed by atoms with Crippen LogP contribution in [0.25, 0.3) is 0 Å². The van der Waals surface area contributed by atoms with Crippen molar-refractivity contribution in [3.63, 3.8) is 0 Å². The van der Waals surface area contributed by atoms with Crippen LogP contribution in [0.4, 0.5) is 5.69 Å². The third-order valence-corrected chi connectivity index (χ3v) is 4.76. The van der Waals surface area contributed by atoms with Gasteiger partial charge in [0.2, 0.25) is 0 Å². The third-order valence-electron chi connectivity index (χ3n) is 4.76. The molecule has 2 rings (SSSR count). The lowest BCUT2D eigenvalue weighted by Crippen LogP contribution is -2.56. The molecule has 0 aromatic carbocycles. The van der Waals surface area contributed by atoms with Crippen LogP contribution in [0.5, 0.6) is 0 Å². The summed E-state index contributed by atoms with van der Waals surface area (Å²) >= 11 is 0. The van der Waals surface area contributed by atoms with E-state index >= 15 is 0 Å². The molecule has 1 fully saturated rings. The fourth-order valence-corrected chi connectivity index (χ4v) is 3.82. The first kappa shape index (κ1) is 15.2. The third kappa shape index (κ3) is 2.53. The molecule has 0 amide bonds. The van der Waals surface area contributed by atoms with Crippen molar-refractivity contribution in [1.82, 2.24) is 15.3 Å². The number of aromatic nitrogens is 1. The van der Waals surface area contributed by atoms with Crippen LogP contribution in [-0.2, 0) is 0 Å². The lowest BCUT2D eigenvalue weighted by atomic mass is 9.82. The predicted molar refractivity (Wildman–Crippen MR) is 82.8 cm³/mol. The molecule has 1 aromatic rings. The quantitative estimate of drug-likeness (QED) is 0.546. The van der Waals surface area contributed by atoms with Crippen LogP contribution >= 0.6 is 0 Å². The Hall–Kier alpha value is -1.17. The van der Waals surface area contributed by atoms with E-state index in [2.05, 4.69) is 29.2 Å². The van der Waals surface area contributed by atoms with Gasteiger partial charge in [-0.05, 0) is 32.0 Å². The minimum Gasteiger partial charge on any atom is -0.398 e. The van der Waals surface area contributed by atoms with Gasteiger partial charge in [-0.25, -0.2) is 0 Å². The Balaban J connectivity index is 2.43. The minimum atomic E-state index is 0.0265. The number of nitrogen functional groups attached to an aromatic ring is 1. The van der Waals surface area contributed by atoms with E-state index in [1.807, 2.05) is 12.3 Å². The molecule has 0 radical (unpaired) electrons. The van der Waals surface area contributed by atoms with Crippen molar-refractivity contribution in [2.75, 3.05) is 18.8 Å². The Morgan fingerprint density at radius 3 is 2.50 bits per heavy atom. The second-order valence-corrected chi connectivity index (χ2v) is 5.59. The molecule has 20 heavy (non-hydrogen) atoms. The Labute approximate surface area is 121 Å². The first-order valence-corrected chi connectivity index (χ1v) is 7.60. The van der Waals surface area contributed by atoms with Gasteiger partial charge in [-0.15, -0.1) is 0 Å². The molecule has 1 aliphatic carbocycles. The Morgan fingerprint density at radius 2 is 2.00 bits per heavy atom. The van der Waals surface area contributed by atoms with Crippen molar-refractivity contribution in [2.24, 2.45) is 5.84 Å². The van der Waals surface area contributed by atoms with Crippen molar-refractivity contribution in [3.05, 3.63) is 24.0 Å². The first-order chi connectivity index (χ1) is 9.69. The summed E-state index contributed by atoms with van der Waals surface area (Å²) in [5, 5.41) is 0. The summed E-state index contributed by atoms with van der Waals surface area (Å²) in [6.45, 7) is 6.47. The molecular formula is C15H27N5. The summed E-state index contributed by atoms with van der Waals surface area (Å²) in [6.07, 6.45) is 8.37. The maximum atomic E-state index is 6.15. The molecule has 5 nitrogen and oxygen atoms in total. The highest BCUT2D eigenvalue weighted by molar-refractivity contribution is 5.47. The van der Waals surface area contributed by atoms with Crippen LogP contribution in [0.1, 0.15) is 51.1 Å². The van der Waals surface area contributed by atoms with Crippen LogP contribution in [0.15, 0.2) is 18.5 Å². The van der Waals surface area contributed by atoms with Crippen LogP contribution in [-0.4, -0.2) is 28.5 Å². The zero-order valence-electron chi connectivity index (χ0n) is 12.6. The number of hydrogen-bond acceptors (Lipinski definition) is 5. The van der Waals surface area contributed by atoms with E-state index in [-0.39, 0.29) is 11.6 Å². The van der Waals surface area contributed by atoms with Gasteiger partial charge >= 0.3 is 0 Å². The number of pyridine rings is 1. The molecule has 5 N–H and O–H groups in total. The summed E-state index contributed by atoms with van der Waals surface area (Å²) in [4.78, 5) is 6.76. The summed E-state index contributed by atoms with van der Waals surface area (Å²) in [7, 11) is 0. The monoisotopic (exact) mass is 277 g/mol. The molecule has 0 aliphatic heterocycles. The van der Waals surface area contributed by atoms with E-state index in [0.717, 1.165) is 37.2 Å². The molecule has 112 valence electrons. The highest BCUT2D eigenvalue weighted by atomic mass is 15.3. The first-order valence-electron chi connectivity index (χ1n) is 7.60. The zero-order valence-corrected chi connectivity index (χ0v) is 12.6. The number of nitrogens with zero attached hydrogens (tertiary/aromatic N) is 2. The van der Waals surface area contributed by atoms with E-state index in [4.69, 9.17) is 11.6 Å². The van der Waals surface area contributed by atoms with Gasteiger partial charge in [-0.2, -0.15) is 0 Å². The Kier molecular flexibility index (Phi) is 4.96. The number of nitrogens with two attached hydrogens (primary N) is 2. The van der Waals surface area contributed by atoms with Crippen LogP contribution in [0.2, 0.25) is 0 Å². The number of nitrogens with one attached hydrogen (secondary N) is 1. The smallest absolute Gasteiger partial charge is 0.0679 e. The molecule has 0 bridgehead atoms. The number of likely N-dealkylation sites (N-methyl/N-ethyl adjacent to an activating group) is 1. The lowest BCUT2D eigenvalue weighted by Gasteiger charge is -2.46. The molecule has 1 aromatic heterocycles.